The highest BCUT2D eigenvalue weighted by atomic mass is 32.1. The zero-order valence-electron chi connectivity index (χ0n) is 10.8. The Morgan fingerprint density at radius 3 is 2.84 bits per heavy atom. The number of aromatic nitrogens is 2. The third-order valence-electron chi connectivity index (χ3n) is 3.24. The van der Waals surface area contributed by atoms with Gasteiger partial charge in [0, 0.05) is 11.9 Å². The van der Waals surface area contributed by atoms with E-state index in [1.165, 1.54) is 17.0 Å². The first-order valence-corrected chi connectivity index (χ1v) is 6.92. The van der Waals surface area contributed by atoms with E-state index >= 15 is 0 Å². The summed E-state index contributed by atoms with van der Waals surface area (Å²) < 4.78 is 15.2. The van der Waals surface area contributed by atoms with Gasteiger partial charge >= 0.3 is 0 Å². The number of nitrogens with two attached hydrogens (primary N) is 1. The lowest BCUT2D eigenvalue weighted by Gasteiger charge is -2.01. The fraction of sp³-hybridized carbons (Fsp3) is 0.214. The summed E-state index contributed by atoms with van der Waals surface area (Å²) >= 11 is 1.58. The molecule has 2 heterocycles. The van der Waals surface area contributed by atoms with Gasteiger partial charge in [-0.05, 0) is 30.7 Å². The molecule has 0 aliphatic rings. The molecule has 0 saturated heterocycles. The average Bonchev–Trinajstić information content (AvgIpc) is 2.91. The first-order valence-electron chi connectivity index (χ1n) is 6.10. The molecule has 0 bridgehead atoms. The predicted octanol–water partition coefficient (Wildman–Crippen LogP) is 3.59. The van der Waals surface area contributed by atoms with Crippen LogP contribution in [0.15, 0.2) is 24.3 Å². The lowest BCUT2D eigenvalue weighted by atomic mass is 10.2. The third kappa shape index (κ3) is 1.90. The van der Waals surface area contributed by atoms with Gasteiger partial charge in [0.05, 0.1) is 21.6 Å². The molecule has 0 fully saturated rings. The van der Waals surface area contributed by atoms with Crippen LogP contribution in [0.3, 0.4) is 0 Å². The summed E-state index contributed by atoms with van der Waals surface area (Å²) in [4.78, 5) is 5.78. The van der Waals surface area contributed by atoms with Crippen LogP contribution in [0.25, 0.3) is 22.4 Å². The van der Waals surface area contributed by atoms with E-state index in [2.05, 4.69) is 18.0 Å². The van der Waals surface area contributed by atoms with E-state index in [4.69, 9.17) is 5.73 Å². The fourth-order valence-corrected chi connectivity index (χ4v) is 3.07. The molecule has 1 aromatic carbocycles. The monoisotopic (exact) mass is 275 g/mol. The molecule has 19 heavy (non-hydrogen) atoms. The van der Waals surface area contributed by atoms with E-state index in [-0.39, 0.29) is 5.82 Å². The molecule has 3 aromatic rings. The smallest absolute Gasteiger partial charge is 0.143 e. The Hall–Kier alpha value is -1.88. The van der Waals surface area contributed by atoms with Crippen LogP contribution in [-0.4, -0.2) is 9.55 Å². The maximum Gasteiger partial charge on any atom is 0.143 e. The molecule has 3 nitrogen and oxygen atoms in total. The largest absolute Gasteiger partial charge is 0.390 e. The van der Waals surface area contributed by atoms with Crippen molar-refractivity contribution in [2.75, 3.05) is 5.73 Å². The van der Waals surface area contributed by atoms with Gasteiger partial charge in [0.25, 0.3) is 0 Å². The first-order chi connectivity index (χ1) is 9.10. The number of aryl methyl sites for hydroxylation is 2. The minimum absolute atomic E-state index is 0.255. The summed E-state index contributed by atoms with van der Waals surface area (Å²) in [5.41, 5.74) is 8.55. The SMILES string of the molecule is CCc1cc(-c2nc3ccc(F)cc3n2C)c(N)s1. The quantitative estimate of drug-likeness (QED) is 0.776. The van der Waals surface area contributed by atoms with Gasteiger partial charge in [-0.2, -0.15) is 0 Å². The molecule has 0 aliphatic carbocycles. The van der Waals surface area contributed by atoms with E-state index in [1.807, 2.05) is 11.6 Å². The summed E-state index contributed by atoms with van der Waals surface area (Å²) in [7, 11) is 1.88. The average molecular weight is 275 g/mol. The van der Waals surface area contributed by atoms with E-state index in [0.717, 1.165) is 33.8 Å². The van der Waals surface area contributed by atoms with Crippen molar-refractivity contribution in [2.24, 2.45) is 7.05 Å². The van der Waals surface area contributed by atoms with Crippen LogP contribution < -0.4 is 5.73 Å². The normalized spacial score (nSPS) is 11.3. The summed E-state index contributed by atoms with van der Waals surface area (Å²) in [5.74, 6) is 0.531. The lowest BCUT2D eigenvalue weighted by Crippen LogP contribution is -1.94. The molecule has 2 aromatic heterocycles. The van der Waals surface area contributed by atoms with E-state index in [0.29, 0.717) is 0 Å². The van der Waals surface area contributed by atoms with Crippen molar-refractivity contribution in [3.8, 4) is 11.4 Å². The predicted molar refractivity (Wildman–Crippen MR) is 77.8 cm³/mol. The zero-order valence-corrected chi connectivity index (χ0v) is 11.6. The number of benzene rings is 1. The van der Waals surface area contributed by atoms with Crippen LogP contribution in [0, 0.1) is 5.82 Å². The van der Waals surface area contributed by atoms with Crippen LogP contribution in [0.1, 0.15) is 11.8 Å². The van der Waals surface area contributed by atoms with Crippen LogP contribution in [0.4, 0.5) is 9.39 Å². The minimum atomic E-state index is -0.255. The van der Waals surface area contributed by atoms with Crippen molar-refractivity contribution in [1.82, 2.24) is 9.55 Å². The Labute approximate surface area is 114 Å². The van der Waals surface area contributed by atoms with Crippen molar-refractivity contribution in [3.05, 3.63) is 35.0 Å². The van der Waals surface area contributed by atoms with Gasteiger partial charge in [-0.15, -0.1) is 11.3 Å². The van der Waals surface area contributed by atoms with Gasteiger partial charge in [0.2, 0.25) is 0 Å². The topological polar surface area (TPSA) is 43.8 Å². The summed E-state index contributed by atoms with van der Waals surface area (Å²) in [6.07, 6.45) is 0.952. The van der Waals surface area contributed by atoms with Crippen LogP contribution in [0.5, 0.6) is 0 Å². The molecule has 0 unspecified atom stereocenters. The number of imidazole rings is 1. The number of anilines is 1. The van der Waals surface area contributed by atoms with Crippen molar-refractivity contribution in [1.29, 1.82) is 0 Å². The minimum Gasteiger partial charge on any atom is -0.390 e. The second-order valence-corrected chi connectivity index (χ2v) is 5.64. The lowest BCUT2D eigenvalue weighted by molar-refractivity contribution is 0.629. The Bertz CT molecular complexity index is 757. The molecule has 0 aliphatic heterocycles. The molecule has 0 spiro atoms. The van der Waals surface area contributed by atoms with Crippen molar-refractivity contribution >= 4 is 27.4 Å². The summed E-state index contributed by atoms with van der Waals surface area (Å²) in [6.45, 7) is 2.10. The Balaban J connectivity index is 2.24. The Morgan fingerprint density at radius 1 is 1.37 bits per heavy atom. The van der Waals surface area contributed by atoms with E-state index in [9.17, 15) is 4.39 Å². The molecular formula is C14H14FN3S. The molecule has 0 amide bonds. The van der Waals surface area contributed by atoms with Gasteiger partial charge < -0.3 is 10.3 Å². The molecule has 0 saturated carbocycles. The fourth-order valence-electron chi connectivity index (χ4n) is 2.21. The standard InChI is InChI=1S/C14H14FN3S/c1-3-9-7-10(13(16)19-9)14-17-11-5-4-8(15)6-12(11)18(14)2/h4-7H,3,16H2,1-2H3. The number of fused-ring (bicyclic) bond motifs is 1. The summed E-state index contributed by atoms with van der Waals surface area (Å²) in [6, 6.07) is 6.68. The first kappa shape index (κ1) is 12.2. The van der Waals surface area contributed by atoms with E-state index in [1.54, 1.807) is 17.4 Å². The van der Waals surface area contributed by atoms with Crippen LogP contribution in [-0.2, 0) is 13.5 Å². The molecule has 2 N–H and O–H groups in total. The highest BCUT2D eigenvalue weighted by Crippen LogP contribution is 2.34. The highest BCUT2D eigenvalue weighted by Gasteiger charge is 2.15. The van der Waals surface area contributed by atoms with Gasteiger partial charge in [-0.1, -0.05) is 6.92 Å². The highest BCUT2D eigenvalue weighted by molar-refractivity contribution is 7.16. The van der Waals surface area contributed by atoms with Crippen LogP contribution >= 0.6 is 11.3 Å². The Morgan fingerprint density at radius 2 is 2.16 bits per heavy atom. The second-order valence-electron chi connectivity index (χ2n) is 4.47. The number of hydrogen-bond donors (Lipinski definition) is 1. The maximum atomic E-state index is 13.3. The van der Waals surface area contributed by atoms with Gasteiger partial charge in [-0.3, -0.25) is 0 Å². The molecular weight excluding hydrogens is 261 g/mol. The van der Waals surface area contributed by atoms with Crippen molar-refractivity contribution < 1.29 is 4.39 Å². The summed E-state index contributed by atoms with van der Waals surface area (Å²) in [5, 5.41) is 0.760. The number of rotatable bonds is 2. The molecule has 3 rings (SSSR count). The molecule has 0 atom stereocenters. The van der Waals surface area contributed by atoms with Gasteiger partial charge in [-0.25, -0.2) is 9.37 Å². The molecule has 98 valence electrons. The van der Waals surface area contributed by atoms with Gasteiger partial charge in [0.15, 0.2) is 0 Å². The zero-order chi connectivity index (χ0) is 13.6. The maximum absolute atomic E-state index is 13.3. The van der Waals surface area contributed by atoms with Crippen molar-refractivity contribution in [2.45, 2.75) is 13.3 Å². The van der Waals surface area contributed by atoms with Crippen LogP contribution in [0.2, 0.25) is 0 Å². The number of hydrogen-bond acceptors (Lipinski definition) is 3. The number of halogens is 1. The number of nitrogen functional groups attached to an aromatic ring is 1. The third-order valence-corrected chi connectivity index (χ3v) is 4.35. The van der Waals surface area contributed by atoms with Gasteiger partial charge in [0.1, 0.15) is 11.6 Å². The second kappa shape index (κ2) is 4.35. The molecule has 0 radical (unpaired) electrons. The van der Waals surface area contributed by atoms with Crippen molar-refractivity contribution in [3.63, 3.8) is 0 Å². The Kier molecular flexibility index (Phi) is 2.78. The van der Waals surface area contributed by atoms with E-state index < -0.39 is 0 Å². The molecule has 5 heteroatoms. The number of nitrogens with zero attached hydrogens (tertiary/aromatic N) is 2. The number of thiophene rings is 1.